The molecule has 34 heavy (non-hydrogen) atoms. The first-order valence-corrected chi connectivity index (χ1v) is 12.1. The molecule has 6 heteroatoms. The molecule has 1 aliphatic rings. The molecule has 4 rings (SSSR count). The number of para-hydroxylation sites is 1. The van der Waals surface area contributed by atoms with E-state index in [1.165, 1.54) is 23.8 Å². The SMILES string of the molecule is COC(=O)CCC(=O)N1CCc2c([nH]c3ccccc23)CCC(N(C)C)CC1.c1ccccc1. The molecule has 182 valence electrons. The van der Waals surface area contributed by atoms with Crippen LogP contribution in [-0.2, 0) is 27.2 Å². The number of carbonyl (C=O) groups is 2. The number of hydrogen-bond acceptors (Lipinski definition) is 4. The number of rotatable bonds is 4. The quantitative estimate of drug-likeness (QED) is 0.581. The third-order valence-corrected chi connectivity index (χ3v) is 6.51. The highest BCUT2D eigenvalue weighted by Gasteiger charge is 2.22. The standard InChI is InChI=1S/C22H31N3O3.C6H6/c1-24(2)16-8-9-20-18(17-6-4-5-7-19(17)23-20)13-15-25(14-12-16)21(26)10-11-22(27)28-3;1-2-4-6-5-3-1/h4-7,16,23H,8-15H2,1-3H3;1-6H. The minimum Gasteiger partial charge on any atom is -0.469 e. The topological polar surface area (TPSA) is 65.6 Å². The van der Waals surface area contributed by atoms with Gasteiger partial charge in [-0.05, 0) is 51.4 Å². The van der Waals surface area contributed by atoms with Gasteiger partial charge in [0.05, 0.1) is 13.5 Å². The van der Waals surface area contributed by atoms with Crippen molar-refractivity contribution >= 4 is 22.8 Å². The van der Waals surface area contributed by atoms with Crippen LogP contribution < -0.4 is 0 Å². The second-order valence-electron chi connectivity index (χ2n) is 8.93. The van der Waals surface area contributed by atoms with Gasteiger partial charge in [0.1, 0.15) is 0 Å². The smallest absolute Gasteiger partial charge is 0.306 e. The van der Waals surface area contributed by atoms with Crippen LogP contribution >= 0.6 is 0 Å². The highest BCUT2D eigenvalue weighted by atomic mass is 16.5. The molecular formula is C28H37N3O3. The van der Waals surface area contributed by atoms with Crippen molar-refractivity contribution in [2.45, 2.75) is 44.6 Å². The summed E-state index contributed by atoms with van der Waals surface area (Å²) in [7, 11) is 5.56. The molecule has 2 aromatic carbocycles. The molecule has 1 aliphatic heterocycles. The molecule has 0 radical (unpaired) electrons. The van der Waals surface area contributed by atoms with Gasteiger partial charge in [0.25, 0.3) is 0 Å². The summed E-state index contributed by atoms with van der Waals surface area (Å²) in [6.07, 6.45) is 4.18. The second kappa shape index (κ2) is 12.9. The number of H-pyrrole nitrogens is 1. The van der Waals surface area contributed by atoms with E-state index in [1.807, 2.05) is 41.3 Å². The zero-order valence-corrected chi connectivity index (χ0v) is 20.6. The molecule has 1 amide bonds. The minimum absolute atomic E-state index is 0.0323. The Hall–Kier alpha value is -3.12. The number of carbonyl (C=O) groups excluding carboxylic acids is 2. The summed E-state index contributed by atoms with van der Waals surface area (Å²) in [5, 5.41) is 1.25. The predicted octanol–water partition coefficient (Wildman–Crippen LogP) is 4.45. The van der Waals surface area contributed by atoms with Gasteiger partial charge >= 0.3 is 5.97 Å². The predicted molar refractivity (Wildman–Crippen MR) is 137 cm³/mol. The van der Waals surface area contributed by atoms with Crippen LogP contribution in [0.1, 0.15) is 36.9 Å². The maximum atomic E-state index is 12.8. The van der Waals surface area contributed by atoms with E-state index >= 15 is 0 Å². The van der Waals surface area contributed by atoms with E-state index in [9.17, 15) is 9.59 Å². The lowest BCUT2D eigenvalue weighted by Crippen LogP contribution is -2.39. The van der Waals surface area contributed by atoms with Crippen molar-refractivity contribution < 1.29 is 14.3 Å². The van der Waals surface area contributed by atoms with Crippen molar-refractivity contribution in [1.82, 2.24) is 14.8 Å². The molecule has 1 aromatic heterocycles. The fourth-order valence-electron chi connectivity index (χ4n) is 4.49. The van der Waals surface area contributed by atoms with Gasteiger partial charge in [0, 0.05) is 42.1 Å². The van der Waals surface area contributed by atoms with Crippen molar-refractivity contribution in [3.63, 3.8) is 0 Å². The van der Waals surface area contributed by atoms with Crippen LogP contribution in [0.5, 0.6) is 0 Å². The van der Waals surface area contributed by atoms with Gasteiger partial charge < -0.3 is 19.5 Å². The third-order valence-electron chi connectivity index (χ3n) is 6.51. The van der Waals surface area contributed by atoms with E-state index in [0.717, 1.165) is 37.7 Å². The number of aromatic nitrogens is 1. The van der Waals surface area contributed by atoms with Crippen molar-refractivity contribution in [3.05, 3.63) is 71.9 Å². The number of methoxy groups -OCH3 is 1. The Morgan fingerprint density at radius 3 is 2.26 bits per heavy atom. The van der Waals surface area contributed by atoms with Crippen LogP contribution in [0, 0.1) is 0 Å². The van der Waals surface area contributed by atoms with Gasteiger partial charge in [0.2, 0.25) is 5.91 Å². The molecule has 0 fully saturated rings. The average Bonchev–Trinajstić information content (AvgIpc) is 3.23. The fraction of sp³-hybridized carbons (Fsp3) is 0.429. The molecule has 1 atom stereocenters. The Morgan fingerprint density at radius 1 is 0.941 bits per heavy atom. The first-order valence-electron chi connectivity index (χ1n) is 12.1. The summed E-state index contributed by atoms with van der Waals surface area (Å²) < 4.78 is 4.68. The molecule has 1 N–H and O–H groups in total. The van der Waals surface area contributed by atoms with E-state index in [1.54, 1.807) is 0 Å². The maximum absolute atomic E-state index is 12.8. The van der Waals surface area contributed by atoms with Gasteiger partial charge in [-0.15, -0.1) is 0 Å². The number of hydrogen-bond donors (Lipinski definition) is 1. The van der Waals surface area contributed by atoms with Crippen LogP contribution in [0.3, 0.4) is 0 Å². The number of benzene rings is 2. The van der Waals surface area contributed by atoms with Crippen molar-refractivity contribution in [1.29, 1.82) is 0 Å². The van der Waals surface area contributed by atoms with E-state index in [2.05, 4.69) is 53.0 Å². The monoisotopic (exact) mass is 463 g/mol. The Bertz CT molecular complexity index is 1020. The summed E-state index contributed by atoms with van der Waals surface area (Å²) in [5.41, 5.74) is 3.77. The normalized spacial score (nSPS) is 16.4. The summed E-state index contributed by atoms with van der Waals surface area (Å²) in [4.78, 5) is 32.0. The van der Waals surface area contributed by atoms with Crippen LogP contribution in [0.15, 0.2) is 60.7 Å². The molecule has 0 spiro atoms. The first kappa shape index (κ1) is 25.5. The highest BCUT2D eigenvalue weighted by Crippen LogP contribution is 2.26. The number of fused-ring (bicyclic) bond motifs is 3. The molecule has 1 unspecified atom stereocenters. The fourth-order valence-corrected chi connectivity index (χ4v) is 4.49. The number of nitrogens with zero attached hydrogens (tertiary/aromatic N) is 2. The van der Waals surface area contributed by atoms with E-state index < -0.39 is 0 Å². The Kier molecular flexibility index (Phi) is 9.71. The number of ether oxygens (including phenoxy) is 1. The molecule has 0 aliphatic carbocycles. The Morgan fingerprint density at radius 2 is 1.62 bits per heavy atom. The first-order chi connectivity index (χ1) is 16.5. The summed E-state index contributed by atoms with van der Waals surface area (Å²) >= 11 is 0. The number of amides is 1. The van der Waals surface area contributed by atoms with Gasteiger partial charge in [-0.3, -0.25) is 9.59 Å². The van der Waals surface area contributed by atoms with Gasteiger partial charge in [-0.2, -0.15) is 0 Å². The van der Waals surface area contributed by atoms with Gasteiger partial charge in [-0.1, -0.05) is 54.6 Å². The number of aryl methyl sites for hydroxylation is 1. The van der Waals surface area contributed by atoms with Crippen LogP contribution in [0.4, 0.5) is 0 Å². The Balaban J connectivity index is 0.000000469. The molecule has 0 saturated heterocycles. The number of nitrogens with one attached hydrogen (secondary N) is 1. The van der Waals surface area contributed by atoms with Crippen molar-refractivity contribution in [2.24, 2.45) is 0 Å². The van der Waals surface area contributed by atoms with Gasteiger partial charge in [0.15, 0.2) is 0 Å². The third kappa shape index (κ3) is 7.19. The minimum atomic E-state index is -0.334. The average molecular weight is 464 g/mol. The number of aromatic amines is 1. The summed E-state index contributed by atoms with van der Waals surface area (Å²) in [5.74, 6) is -0.302. The van der Waals surface area contributed by atoms with Crippen LogP contribution in [-0.4, -0.2) is 67.0 Å². The summed E-state index contributed by atoms with van der Waals surface area (Å²) in [6, 6.07) is 20.8. The van der Waals surface area contributed by atoms with Crippen LogP contribution in [0.25, 0.3) is 10.9 Å². The molecule has 3 aromatic rings. The molecule has 0 bridgehead atoms. The van der Waals surface area contributed by atoms with E-state index in [4.69, 9.17) is 0 Å². The molecular weight excluding hydrogens is 426 g/mol. The maximum Gasteiger partial charge on any atom is 0.306 e. The largest absolute Gasteiger partial charge is 0.469 e. The molecule has 6 nitrogen and oxygen atoms in total. The van der Waals surface area contributed by atoms with Crippen LogP contribution in [0.2, 0.25) is 0 Å². The second-order valence-corrected chi connectivity index (χ2v) is 8.93. The van der Waals surface area contributed by atoms with E-state index in [0.29, 0.717) is 12.6 Å². The zero-order chi connectivity index (χ0) is 24.3. The Labute approximate surface area is 202 Å². The van der Waals surface area contributed by atoms with Gasteiger partial charge in [-0.25, -0.2) is 0 Å². The lowest BCUT2D eigenvalue weighted by atomic mass is 9.98. The zero-order valence-electron chi connectivity index (χ0n) is 20.6. The lowest BCUT2D eigenvalue weighted by Gasteiger charge is -2.30. The summed E-state index contributed by atoms with van der Waals surface area (Å²) in [6.45, 7) is 1.40. The van der Waals surface area contributed by atoms with E-state index in [-0.39, 0.29) is 24.7 Å². The number of esters is 1. The van der Waals surface area contributed by atoms with Crippen molar-refractivity contribution in [2.75, 3.05) is 34.3 Å². The van der Waals surface area contributed by atoms with Crippen molar-refractivity contribution in [3.8, 4) is 0 Å². The highest BCUT2D eigenvalue weighted by molar-refractivity contribution is 5.85. The lowest BCUT2D eigenvalue weighted by molar-refractivity contribution is -0.143. The molecule has 0 saturated carbocycles. The molecule has 2 heterocycles.